The van der Waals surface area contributed by atoms with Crippen molar-refractivity contribution in [2.75, 3.05) is 5.32 Å². The van der Waals surface area contributed by atoms with Gasteiger partial charge in [0.2, 0.25) is 10.0 Å². The number of nitrogens with two attached hydrogens (primary N) is 1. The van der Waals surface area contributed by atoms with Gasteiger partial charge in [-0.3, -0.25) is 9.78 Å². The van der Waals surface area contributed by atoms with Crippen LogP contribution in [0.3, 0.4) is 0 Å². The molecular weight excluding hydrogens is 372 g/mol. The molecule has 2 aromatic heterocycles. The van der Waals surface area contributed by atoms with Gasteiger partial charge in [0.15, 0.2) is 0 Å². The molecule has 26 heavy (non-hydrogen) atoms. The van der Waals surface area contributed by atoms with Gasteiger partial charge in [0, 0.05) is 11.9 Å². The SMILES string of the molecule is Cc1nc(-c2ccccn2)sc1C(=O)Nc1ccc(CS(N)(=O)=O)cc1. The molecule has 0 spiro atoms. The quantitative estimate of drug-likeness (QED) is 0.697. The molecule has 134 valence electrons. The highest BCUT2D eigenvalue weighted by Gasteiger charge is 2.17. The summed E-state index contributed by atoms with van der Waals surface area (Å²) in [6.07, 6.45) is 1.68. The van der Waals surface area contributed by atoms with Crippen molar-refractivity contribution in [1.29, 1.82) is 0 Å². The van der Waals surface area contributed by atoms with Crippen molar-refractivity contribution in [3.05, 3.63) is 64.8 Å². The highest BCUT2D eigenvalue weighted by molar-refractivity contribution is 7.88. The lowest BCUT2D eigenvalue weighted by Gasteiger charge is -2.05. The number of nitrogens with one attached hydrogen (secondary N) is 1. The van der Waals surface area contributed by atoms with E-state index in [9.17, 15) is 13.2 Å². The van der Waals surface area contributed by atoms with Gasteiger partial charge in [0.05, 0.1) is 17.1 Å². The number of amides is 1. The van der Waals surface area contributed by atoms with Crippen LogP contribution >= 0.6 is 11.3 Å². The van der Waals surface area contributed by atoms with E-state index in [2.05, 4.69) is 15.3 Å². The fourth-order valence-corrected chi connectivity index (χ4v) is 3.91. The van der Waals surface area contributed by atoms with Crippen molar-refractivity contribution in [2.24, 2.45) is 5.14 Å². The van der Waals surface area contributed by atoms with Crippen molar-refractivity contribution in [2.45, 2.75) is 12.7 Å². The molecule has 0 aliphatic heterocycles. The lowest BCUT2D eigenvalue weighted by Crippen LogP contribution is -2.14. The monoisotopic (exact) mass is 388 g/mol. The molecule has 3 aromatic rings. The fraction of sp³-hybridized carbons (Fsp3) is 0.118. The highest BCUT2D eigenvalue weighted by atomic mass is 32.2. The molecule has 0 unspecified atom stereocenters. The Morgan fingerprint density at radius 3 is 2.54 bits per heavy atom. The van der Waals surface area contributed by atoms with E-state index in [1.165, 1.54) is 11.3 Å². The van der Waals surface area contributed by atoms with Gasteiger partial charge < -0.3 is 5.32 Å². The van der Waals surface area contributed by atoms with Gasteiger partial charge in [0.25, 0.3) is 5.91 Å². The summed E-state index contributed by atoms with van der Waals surface area (Å²) in [7, 11) is -3.59. The third-order valence-electron chi connectivity index (χ3n) is 3.47. The molecule has 0 bridgehead atoms. The number of aromatic nitrogens is 2. The molecule has 1 aromatic carbocycles. The van der Waals surface area contributed by atoms with Gasteiger partial charge in [-0.2, -0.15) is 0 Å². The molecule has 9 heteroatoms. The Bertz CT molecular complexity index is 1030. The van der Waals surface area contributed by atoms with E-state index < -0.39 is 10.0 Å². The lowest BCUT2D eigenvalue weighted by molar-refractivity contribution is 0.103. The zero-order valence-corrected chi connectivity index (χ0v) is 15.5. The van der Waals surface area contributed by atoms with Crippen LogP contribution < -0.4 is 10.5 Å². The number of sulfonamides is 1. The third-order valence-corrected chi connectivity index (χ3v) is 5.38. The van der Waals surface area contributed by atoms with E-state index in [-0.39, 0.29) is 11.7 Å². The number of carbonyl (C=O) groups excluding carboxylic acids is 1. The van der Waals surface area contributed by atoms with Crippen LogP contribution in [0, 0.1) is 6.92 Å². The number of hydrogen-bond acceptors (Lipinski definition) is 6. The van der Waals surface area contributed by atoms with E-state index in [0.29, 0.717) is 32.5 Å². The summed E-state index contributed by atoms with van der Waals surface area (Å²) in [4.78, 5) is 21.7. The van der Waals surface area contributed by atoms with E-state index in [1.807, 2.05) is 18.2 Å². The number of aryl methyl sites for hydroxylation is 1. The minimum Gasteiger partial charge on any atom is -0.321 e. The van der Waals surface area contributed by atoms with Gasteiger partial charge in [-0.25, -0.2) is 18.5 Å². The number of nitrogens with zero attached hydrogens (tertiary/aromatic N) is 2. The number of hydrogen-bond donors (Lipinski definition) is 2. The van der Waals surface area contributed by atoms with E-state index in [0.717, 1.165) is 0 Å². The number of thiazole rings is 1. The van der Waals surface area contributed by atoms with Crippen LogP contribution in [0.1, 0.15) is 20.9 Å². The van der Waals surface area contributed by atoms with Crippen LogP contribution in [0.25, 0.3) is 10.7 Å². The second-order valence-electron chi connectivity index (χ2n) is 5.61. The van der Waals surface area contributed by atoms with Crippen molar-refractivity contribution in [1.82, 2.24) is 9.97 Å². The Balaban J connectivity index is 1.75. The van der Waals surface area contributed by atoms with Crippen molar-refractivity contribution in [3.63, 3.8) is 0 Å². The highest BCUT2D eigenvalue weighted by Crippen LogP contribution is 2.27. The van der Waals surface area contributed by atoms with Gasteiger partial charge in [-0.05, 0) is 36.8 Å². The Morgan fingerprint density at radius 1 is 1.19 bits per heavy atom. The molecule has 1 amide bonds. The summed E-state index contributed by atoms with van der Waals surface area (Å²) < 4.78 is 22.2. The molecular formula is C17H16N4O3S2. The first-order valence-corrected chi connectivity index (χ1v) is 10.1. The summed E-state index contributed by atoms with van der Waals surface area (Å²) in [5.41, 5.74) is 2.45. The number of primary sulfonamides is 1. The molecule has 7 nitrogen and oxygen atoms in total. The Hall–Kier alpha value is -2.62. The average Bonchev–Trinajstić information content (AvgIpc) is 2.98. The number of benzene rings is 1. The smallest absolute Gasteiger partial charge is 0.267 e. The maximum absolute atomic E-state index is 12.5. The van der Waals surface area contributed by atoms with Crippen LogP contribution in [0.2, 0.25) is 0 Å². The predicted molar refractivity (Wildman–Crippen MR) is 101 cm³/mol. The first kappa shape index (κ1) is 18.2. The molecule has 2 heterocycles. The Kier molecular flexibility index (Phi) is 5.12. The summed E-state index contributed by atoms with van der Waals surface area (Å²) in [6.45, 7) is 1.77. The van der Waals surface area contributed by atoms with Crippen molar-refractivity contribution < 1.29 is 13.2 Å². The number of rotatable bonds is 5. The zero-order valence-electron chi connectivity index (χ0n) is 13.8. The van der Waals surface area contributed by atoms with Crippen LogP contribution in [0.5, 0.6) is 0 Å². The summed E-state index contributed by atoms with van der Waals surface area (Å²) >= 11 is 1.27. The second-order valence-corrected chi connectivity index (χ2v) is 8.22. The summed E-state index contributed by atoms with van der Waals surface area (Å²) in [5, 5.41) is 8.48. The van der Waals surface area contributed by atoms with Crippen LogP contribution in [-0.4, -0.2) is 24.3 Å². The first-order valence-electron chi connectivity index (χ1n) is 7.61. The minimum atomic E-state index is -3.59. The maximum Gasteiger partial charge on any atom is 0.267 e. The number of carbonyl (C=O) groups is 1. The normalized spacial score (nSPS) is 11.3. The Morgan fingerprint density at radius 2 is 1.92 bits per heavy atom. The molecule has 0 saturated heterocycles. The maximum atomic E-state index is 12.5. The lowest BCUT2D eigenvalue weighted by atomic mass is 10.2. The van der Waals surface area contributed by atoms with Crippen molar-refractivity contribution in [3.8, 4) is 10.7 Å². The molecule has 0 aliphatic rings. The fourth-order valence-electron chi connectivity index (χ4n) is 2.31. The molecule has 0 atom stereocenters. The molecule has 0 fully saturated rings. The van der Waals surface area contributed by atoms with Crippen LogP contribution in [0.15, 0.2) is 48.7 Å². The summed E-state index contributed by atoms with van der Waals surface area (Å²) in [6, 6.07) is 12.0. The average molecular weight is 388 g/mol. The minimum absolute atomic E-state index is 0.247. The van der Waals surface area contributed by atoms with E-state index in [4.69, 9.17) is 5.14 Å². The van der Waals surface area contributed by atoms with Gasteiger partial charge in [0.1, 0.15) is 9.88 Å². The van der Waals surface area contributed by atoms with E-state index >= 15 is 0 Å². The molecule has 3 rings (SSSR count). The molecule has 0 aliphatic carbocycles. The standard InChI is InChI=1S/C17H16N4O3S2/c1-11-15(25-17(20-11)14-4-2-3-9-19-14)16(22)21-13-7-5-12(6-8-13)10-26(18,23)24/h2-9H,10H2,1H3,(H,21,22)(H2,18,23,24). The largest absolute Gasteiger partial charge is 0.321 e. The summed E-state index contributed by atoms with van der Waals surface area (Å²) in [5.74, 6) is -0.524. The van der Waals surface area contributed by atoms with Crippen molar-refractivity contribution >= 4 is 33.0 Å². The van der Waals surface area contributed by atoms with Gasteiger partial charge in [-0.1, -0.05) is 18.2 Å². The topological polar surface area (TPSA) is 115 Å². The number of anilines is 1. The van der Waals surface area contributed by atoms with Crippen LogP contribution in [0.4, 0.5) is 5.69 Å². The molecule has 3 N–H and O–H groups in total. The third kappa shape index (κ3) is 4.51. The molecule has 0 saturated carbocycles. The van der Waals surface area contributed by atoms with E-state index in [1.54, 1.807) is 37.4 Å². The second kappa shape index (κ2) is 7.32. The van der Waals surface area contributed by atoms with Crippen LogP contribution in [-0.2, 0) is 15.8 Å². The predicted octanol–water partition coefficient (Wildman–Crippen LogP) is 2.55. The first-order chi connectivity index (χ1) is 12.3. The Labute approximate surface area is 155 Å². The zero-order chi connectivity index (χ0) is 18.7. The number of pyridine rings is 1. The molecule has 0 radical (unpaired) electrons. The van der Waals surface area contributed by atoms with Gasteiger partial charge >= 0.3 is 0 Å². The van der Waals surface area contributed by atoms with Gasteiger partial charge in [-0.15, -0.1) is 11.3 Å².